The highest BCUT2D eigenvalue weighted by Crippen LogP contribution is 2.38. The summed E-state index contributed by atoms with van der Waals surface area (Å²) in [7, 11) is 5.55. The van der Waals surface area contributed by atoms with Gasteiger partial charge in [0.05, 0.1) is 13.5 Å². The van der Waals surface area contributed by atoms with Crippen molar-refractivity contribution < 1.29 is 19.1 Å². The molecule has 6 nitrogen and oxygen atoms in total. The Kier molecular flexibility index (Phi) is 10.3. The first-order valence-corrected chi connectivity index (χ1v) is 10.9. The molecule has 0 aliphatic carbocycles. The number of carbonyl (C=O) groups is 2. The Bertz CT molecular complexity index is 678. The molecule has 170 valence electrons. The summed E-state index contributed by atoms with van der Waals surface area (Å²) in [6.07, 6.45) is 1.53. The molecule has 30 heavy (non-hydrogen) atoms. The number of rotatable bonds is 11. The Hall–Kier alpha value is -2.08. The fourth-order valence-electron chi connectivity index (χ4n) is 4.46. The Morgan fingerprint density at radius 1 is 1.17 bits per heavy atom. The second-order valence-electron chi connectivity index (χ2n) is 8.90. The van der Waals surface area contributed by atoms with Crippen molar-refractivity contribution in [2.24, 2.45) is 17.8 Å². The molecule has 1 N–H and O–H groups in total. The number of amides is 1. The number of carbonyl (C=O) groups excluding carboxylic acids is 2. The van der Waals surface area contributed by atoms with Gasteiger partial charge in [0.1, 0.15) is 5.75 Å². The third kappa shape index (κ3) is 7.01. The van der Waals surface area contributed by atoms with E-state index in [1.54, 1.807) is 6.07 Å². The molecule has 0 aromatic heterocycles. The number of hydrogen-bond donors (Lipinski definition) is 1. The molecule has 0 radical (unpaired) electrons. The summed E-state index contributed by atoms with van der Waals surface area (Å²) in [5.41, 5.74) is 0.984. The molecule has 0 aliphatic rings. The van der Waals surface area contributed by atoms with Crippen LogP contribution in [-0.2, 0) is 15.1 Å². The summed E-state index contributed by atoms with van der Waals surface area (Å²) >= 11 is 0. The first kappa shape index (κ1) is 26.0. The average molecular weight is 421 g/mol. The van der Waals surface area contributed by atoms with Crippen molar-refractivity contribution in [3.63, 3.8) is 0 Å². The quantitative estimate of drug-likeness (QED) is 0.520. The minimum Gasteiger partial charge on any atom is -0.469 e. The fraction of sp³-hybridized carbons (Fsp3) is 0.667. The van der Waals surface area contributed by atoms with E-state index in [0.717, 1.165) is 18.4 Å². The molecule has 0 saturated carbocycles. The monoisotopic (exact) mass is 420 g/mol. The van der Waals surface area contributed by atoms with Gasteiger partial charge in [0.2, 0.25) is 0 Å². The predicted octanol–water partition coefficient (Wildman–Crippen LogP) is 4.82. The summed E-state index contributed by atoms with van der Waals surface area (Å²) in [5, 5.41) is 2.80. The molecule has 1 amide bonds. The molecule has 0 aliphatic heterocycles. The lowest BCUT2D eigenvalue weighted by atomic mass is 9.76. The Balaban J connectivity index is 2.87. The van der Waals surface area contributed by atoms with Gasteiger partial charge < -0.3 is 14.8 Å². The summed E-state index contributed by atoms with van der Waals surface area (Å²) in [4.78, 5) is 26.3. The Morgan fingerprint density at radius 3 is 2.33 bits per heavy atom. The van der Waals surface area contributed by atoms with Crippen molar-refractivity contribution in [1.29, 1.82) is 0 Å². The van der Waals surface area contributed by atoms with Crippen LogP contribution in [-0.4, -0.2) is 44.7 Å². The normalized spacial score (nSPS) is 14.5. The van der Waals surface area contributed by atoms with Crippen molar-refractivity contribution in [2.75, 3.05) is 27.7 Å². The number of methoxy groups -OCH3 is 1. The largest absolute Gasteiger partial charge is 0.469 e. The van der Waals surface area contributed by atoms with E-state index >= 15 is 0 Å². The fourth-order valence-corrected chi connectivity index (χ4v) is 4.46. The van der Waals surface area contributed by atoms with E-state index in [2.05, 4.69) is 65.0 Å². The molecular weight excluding hydrogens is 380 g/mol. The van der Waals surface area contributed by atoms with Gasteiger partial charge in [-0.05, 0) is 62.4 Å². The molecule has 0 saturated heterocycles. The van der Waals surface area contributed by atoms with Crippen LogP contribution in [0.5, 0.6) is 5.75 Å². The summed E-state index contributed by atoms with van der Waals surface area (Å²) in [6, 6.07) is 7.75. The average Bonchev–Trinajstić information content (AvgIpc) is 2.66. The molecule has 1 aromatic carbocycles. The Labute approximate surface area is 182 Å². The zero-order valence-electron chi connectivity index (χ0n) is 20.0. The predicted molar refractivity (Wildman–Crippen MR) is 121 cm³/mol. The molecule has 6 heteroatoms. The van der Waals surface area contributed by atoms with E-state index in [9.17, 15) is 9.59 Å². The maximum Gasteiger partial charge on any atom is 0.412 e. The van der Waals surface area contributed by atoms with Gasteiger partial charge in [-0.1, -0.05) is 46.8 Å². The SMILES string of the molecule is CCC(c1cccc(OC(=O)NC[C@H](CC(=O)OC)CC(C)C)c1)(C(C)C)N(C)C. The van der Waals surface area contributed by atoms with Gasteiger partial charge >= 0.3 is 12.1 Å². The minimum absolute atomic E-state index is 0.0127. The number of esters is 1. The number of benzene rings is 1. The topological polar surface area (TPSA) is 67.9 Å². The zero-order valence-corrected chi connectivity index (χ0v) is 20.0. The highest BCUT2D eigenvalue weighted by molar-refractivity contribution is 5.71. The summed E-state index contributed by atoms with van der Waals surface area (Å²) in [6.45, 7) is 11.1. The number of hydrogen-bond acceptors (Lipinski definition) is 5. The van der Waals surface area contributed by atoms with E-state index in [-0.39, 0.29) is 23.8 Å². The van der Waals surface area contributed by atoms with Gasteiger partial charge in [0.15, 0.2) is 0 Å². The standard InChI is InChI=1S/C24H40N2O4/c1-9-24(18(4)5,26(6)7)20-11-10-12-21(15-20)30-23(28)25-16-19(13-17(2)3)14-22(27)29-8/h10-12,15,17-19H,9,13-14,16H2,1-8H3,(H,25,28)/t19-,24?/m0/s1. The molecule has 1 unspecified atom stereocenters. The highest BCUT2D eigenvalue weighted by Gasteiger charge is 2.36. The van der Waals surface area contributed by atoms with Gasteiger partial charge in [-0.25, -0.2) is 4.79 Å². The van der Waals surface area contributed by atoms with Crippen molar-refractivity contribution in [2.45, 2.75) is 59.4 Å². The molecule has 0 heterocycles. The molecule has 1 aromatic rings. The molecular formula is C24H40N2O4. The highest BCUT2D eigenvalue weighted by atomic mass is 16.6. The third-order valence-corrected chi connectivity index (χ3v) is 5.86. The first-order chi connectivity index (χ1) is 14.1. The van der Waals surface area contributed by atoms with Crippen LogP contribution in [0.4, 0.5) is 4.79 Å². The van der Waals surface area contributed by atoms with Crippen molar-refractivity contribution in [3.05, 3.63) is 29.8 Å². The summed E-state index contributed by atoms with van der Waals surface area (Å²) in [5.74, 6) is 1.06. The second kappa shape index (κ2) is 11.9. The van der Waals surface area contributed by atoms with Crippen LogP contribution in [0.2, 0.25) is 0 Å². The van der Waals surface area contributed by atoms with Crippen LogP contribution in [0.1, 0.15) is 59.4 Å². The molecule has 0 bridgehead atoms. The lowest BCUT2D eigenvalue weighted by molar-refractivity contribution is -0.141. The number of nitrogens with one attached hydrogen (secondary N) is 1. The van der Waals surface area contributed by atoms with Crippen molar-refractivity contribution in [1.82, 2.24) is 10.2 Å². The van der Waals surface area contributed by atoms with Crippen molar-refractivity contribution >= 4 is 12.1 Å². The first-order valence-electron chi connectivity index (χ1n) is 10.9. The molecule has 1 rings (SSSR count). The maximum absolute atomic E-state index is 12.4. The van der Waals surface area contributed by atoms with Crippen molar-refractivity contribution in [3.8, 4) is 5.75 Å². The van der Waals surface area contributed by atoms with E-state index in [1.165, 1.54) is 7.11 Å². The lowest BCUT2D eigenvalue weighted by Crippen LogP contribution is -2.45. The van der Waals surface area contributed by atoms with Crippen LogP contribution < -0.4 is 10.1 Å². The maximum atomic E-state index is 12.4. The van der Waals surface area contributed by atoms with E-state index < -0.39 is 6.09 Å². The zero-order chi connectivity index (χ0) is 22.9. The summed E-state index contributed by atoms with van der Waals surface area (Å²) < 4.78 is 10.3. The van der Waals surface area contributed by atoms with E-state index in [0.29, 0.717) is 24.1 Å². The molecule has 2 atom stereocenters. The van der Waals surface area contributed by atoms with Gasteiger partial charge in [-0.3, -0.25) is 9.69 Å². The van der Waals surface area contributed by atoms with Crippen LogP contribution in [0.15, 0.2) is 24.3 Å². The van der Waals surface area contributed by atoms with Gasteiger partial charge in [-0.2, -0.15) is 0 Å². The molecule has 0 fully saturated rings. The minimum atomic E-state index is -0.512. The lowest BCUT2D eigenvalue weighted by Gasteiger charge is -2.43. The number of nitrogens with zero attached hydrogens (tertiary/aromatic N) is 1. The number of ether oxygens (including phenoxy) is 2. The Morgan fingerprint density at radius 2 is 1.83 bits per heavy atom. The smallest absolute Gasteiger partial charge is 0.412 e. The van der Waals surface area contributed by atoms with Crippen LogP contribution in [0.25, 0.3) is 0 Å². The van der Waals surface area contributed by atoms with Crippen LogP contribution in [0.3, 0.4) is 0 Å². The molecule has 0 spiro atoms. The van der Waals surface area contributed by atoms with Gasteiger partial charge in [-0.15, -0.1) is 0 Å². The third-order valence-electron chi connectivity index (χ3n) is 5.86. The second-order valence-corrected chi connectivity index (χ2v) is 8.90. The van der Waals surface area contributed by atoms with Gasteiger partial charge in [0, 0.05) is 12.1 Å². The van der Waals surface area contributed by atoms with E-state index in [4.69, 9.17) is 9.47 Å². The van der Waals surface area contributed by atoms with E-state index in [1.807, 2.05) is 12.1 Å². The van der Waals surface area contributed by atoms with Crippen LogP contribution in [0, 0.1) is 17.8 Å². The van der Waals surface area contributed by atoms with Crippen LogP contribution >= 0.6 is 0 Å². The van der Waals surface area contributed by atoms with Gasteiger partial charge in [0.25, 0.3) is 0 Å².